The van der Waals surface area contributed by atoms with E-state index in [0.29, 0.717) is 5.54 Å². The molecule has 2 aliphatic rings. The van der Waals surface area contributed by atoms with Crippen molar-refractivity contribution in [2.75, 3.05) is 31.6 Å². The number of benzene rings is 1. The average Bonchev–Trinajstić information content (AvgIpc) is 3.53. The van der Waals surface area contributed by atoms with Crippen molar-refractivity contribution in [2.45, 2.75) is 18.4 Å². The molecule has 0 saturated carbocycles. The highest BCUT2D eigenvalue weighted by molar-refractivity contribution is 7.17. The van der Waals surface area contributed by atoms with Gasteiger partial charge in [0.2, 0.25) is 0 Å². The molecule has 29 heavy (non-hydrogen) atoms. The Morgan fingerprint density at radius 2 is 1.97 bits per heavy atom. The Morgan fingerprint density at radius 3 is 2.66 bits per heavy atom. The van der Waals surface area contributed by atoms with Gasteiger partial charge in [-0.1, -0.05) is 12.1 Å². The SMILES string of the molecule is CN1CCC12CCN(c1ccc(-c3ccc(-c4cn[nH]c4)c4ncsc34)nn1)C2. The number of H-pyrrole nitrogens is 1. The fourth-order valence-corrected chi connectivity index (χ4v) is 5.48. The highest BCUT2D eigenvalue weighted by Gasteiger charge is 2.47. The van der Waals surface area contributed by atoms with Crippen molar-refractivity contribution in [3.8, 4) is 22.4 Å². The second-order valence-corrected chi connectivity index (χ2v) is 8.88. The van der Waals surface area contributed by atoms with Crippen LogP contribution in [0.2, 0.25) is 0 Å². The summed E-state index contributed by atoms with van der Waals surface area (Å²) in [5.74, 6) is 0.974. The number of nitrogens with zero attached hydrogens (tertiary/aromatic N) is 6. The fourth-order valence-electron chi connectivity index (χ4n) is 4.64. The number of fused-ring (bicyclic) bond motifs is 1. The lowest BCUT2D eigenvalue weighted by Gasteiger charge is -2.48. The molecule has 6 rings (SSSR count). The lowest BCUT2D eigenvalue weighted by atomic mass is 9.85. The largest absolute Gasteiger partial charge is 0.353 e. The molecular formula is C21H21N7S. The second-order valence-electron chi connectivity index (χ2n) is 8.02. The number of aromatic nitrogens is 5. The van der Waals surface area contributed by atoms with Gasteiger partial charge in [-0.05, 0) is 32.0 Å². The van der Waals surface area contributed by atoms with Crippen LogP contribution in [0, 0.1) is 0 Å². The van der Waals surface area contributed by atoms with E-state index in [2.05, 4.69) is 66.5 Å². The van der Waals surface area contributed by atoms with E-state index in [1.807, 2.05) is 17.9 Å². The Labute approximate surface area is 172 Å². The molecule has 1 unspecified atom stereocenters. The molecule has 4 aromatic rings. The van der Waals surface area contributed by atoms with Gasteiger partial charge < -0.3 is 4.90 Å². The van der Waals surface area contributed by atoms with Crippen LogP contribution in [-0.4, -0.2) is 62.5 Å². The first-order valence-corrected chi connectivity index (χ1v) is 10.8. The van der Waals surface area contributed by atoms with Crippen LogP contribution in [0.4, 0.5) is 5.82 Å². The Kier molecular flexibility index (Phi) is 3.72. The van der Waals surface area contributed by atoms with Crippen LogP contribution >= 0.6 is 11.3 Å². The Morgan fingerprint density at radius 1 is 1.07 bits per heavy atom. The third-order valence-corrected chi connectivity index (χ3v) is 7.46. The molecule has 0 radical (unpaired) electrons. The van der Waals surface area contributed by atoms with E-state index < -0.39 is 0 Å². The maximum absolute atomic E-state index is 4.60. The molecule has 1 aromatic carbocycles. The molecule has 7 nitrogen and oxygen atoms in total. The highest BCUT2D eigenvalue weighted by Crippen LogP contribution is 2.39. The molecule has 5 heterocycles. The minimum atomic E-state index is 0.359. The molecule has 2 fully saturated rings. The van der Waals surface area contributed by atoms with Crippen molar-refractivity contribution < 1.29 is 0 Å². The summed E-state index contributed by atoms with van der Waals surface area (Å²) in [6.07, 6.45) is 6.22. The normalized spacial score (nSPS) is 21.9. The number of hydrogen-bond acceptors (Lipinski definition) is 7. The van der Waals surface area contributed by atoms with Gasteiger partial charge in [0.05, 0.1) is 27.6 Å². The average molecular weight is 404 g/mol. The van der Waals surface area contributed by atoms with Crippen LogP contribution in [0.5, 0.6) is 0 Å². The molecule has 0 aliphatic carbocycles. The van der Waals surface area contributed by atoms with E-state index in [9.17, 15) is 0 Å². The summed E-state index contributed by atoms with van der Waals surface area (Å²) in [4.78, 5) is 9.45. The molecule has 2 aliphatic heterocycles. The first-order chi connectivity index (χ1) is 14.2. The summed E-state index contributed by atoms with van der Waals surface area (Å²) in [6, 6.07) is 8.40. The van der Waals surface area contributed by atoms with Crippen LogP contribution in [0.25, 0.3) is 32.6 Å². The topological polar surface area (TPSA) is 73.8 Å². The Bertz CT molecular complexity index is 1170. The summed E-state index contributed by atoms with van der Waals surface area (Å²) in [5, 5.41) is 16.1. The summed E-state index contributed by atoms with van der Waals surface area (Å²) >= 11 is 1.63. The van der Waals surface area contributed by atoms with Gasteiger partial charge in [0, 0.05) is 48.1 Å². The van der Waals surface area contributed by atoms with Crippen LogP contribution in [0.3, 0.4) is 0 Å². The van der Waals surface area contributed by atoms with Crippen LogP contribution in [0.15, 0.2) is 42.2 Å². The summed E-state index contributed by atoms with van der Waals surface area (Å²) in [6.45, 7) is 3.31. The van der Waals surface area contributed by atoms with Gasteiger partial charge in [-0.2, -0.15) is 5.10 Å². The molecule has 1 N–H and O–H groups in total. The molecule has 1 spiro atoms. The number of rotatable bonds is 3. The smallest absolute Gasteiger partial charge is 0.151 e. The van der Waals surface area contributed by atoms with E-state index in [1.165, 1.54) is 19.4 Å². The Hall–Kier alpha value is -2.84. The molecule has 8 heteroatoms. The minimum absolute atomic E-state index is 0.359. The highest BCUT2D eigenvalue weighted by atomic mass is 32.1. The summed E-state index contributed by atoms with van der Waals surface area (Å²) in [7, 11) is 2.23. The number of anilines is 1. The van der Waals surface area contributed by atoms with Crippen molar-refractivity contribution in [1.29, 1.82) is 0 Å². The first-order valence-electron chi connectivity index (χ1n) is 9.89. The van der Waals surface area contributed by atoms with Crippen LogP contribution < -0.4 is 4.90 Å². The van der Waals surface area contributed by atoms with Crippen molar-refractivity contribution >= 4 is 27.4 Å². The van der Waals surface area contributed by atoms with Crippen LogP contribution in [0.1, 0.15) is 12.8 Å². The van der Waals surface area contributed by atoms with Gasteiger partial charge in [-0.3, -0.25) is 10.00 Å². The molecule has 0 bridgehead atoms. The van der Waals surface area contributed by atoms with E-state index >= 15 is 0 Å². The zero-order valence-electron chi connectivity index (χ0n) is 16.2. The predicted molar refractivity (Wildman–Crippen MR) is 115 cm³/mol. The third kappa shape index (κ3) is 2.59. The molecule has 2 saturated heterocycles. The number of aromatic amines is 1. The van der Waals surface area contributed by atoms with Gasteiger partial charge in [0.25, 0.3) is 0 Å². The fraction of sp³-hybridized carbons (Fsp3) is 0.333. The lowest BCUT2D eigenvalue weighted by Crippen LogP contribution is -2.59. The number of thiazole rings is 1. The monoisotopic (exact) mass is 403 g/mol. The quantitative estimate of drug-likeness (QED) is 0.565. The molecule has 0 amide bonds. The van der Waals surface area contributed by atoms with Gasteiger partial charge in [-0.15, -0.1) is 21.5 Å². The van der Waals surface area contributed by atoms with Gasteiger partial charge in [-0.25, -0.2) is 4.98 Å². The third-order valence-electron chi connectivity index (χ3n) is 6.60. The second kappa shape index (κ2) is 6.33. The Balaban J connectivity index is 1.32. The number of likely N-dealkylation sites (N-methyl/N-ethyl adjacent to an activating group) is 1. The van der Waals surface area contributed by atoms with Crippen molar-refractivity contribution in [3.63, 3.8) is 0 Å². The van der Waals surface area contributed by atoms with Gasteiger partial charge >= 0.3 is 0 Å². The minimum Gasteiger partial charge on any atom is -0.353 e. The molecule has 1 atom stereocenters. The maximum Gasteiger partial charge on any atom is 0.151 e. The van der Waals surface area contributed by atoms with Gasteiger partial charge in [0.15, 0.2) is 5.82 Å². The summed E-state index contributed by atoms with van der Waals surface area (Å²) in [5.41, 5.74) is 7.31. The summed E-state index contributed by atoms with van der Waals surface area (Å²) < 4.78 is 1.13. The van der Waals surface area contributed by atoms with E-state index in [1.54, 1.807) is 11.3 Å². The number of likely N-dealkylation sites (tertiary alicyclic amines) is 1. The van der Waals surface area contributed by atoms with Crippen molar-refractivity contribution in [3.05, 3.63) is 42.2 Å². The predicted octanol–water partition coefficient (Wildman–Crippen LogP) is 3.43. The van der Waals surface area contributed by atoms with Gasteiger partial charge in [0.1, 0.15) is 0 Å². The van der Waals surface area contributed by atoms with Crippen molar-refractivity contribution in [1.82, 2.24) is 30.3 Å². The maximum atomic E-state index is 4.60. The standard InChI is InChI=1S/C21H21N7S/c1-27-8-6-21(27)7-9-28(12-21)18-5-4-17(25-26-18)16-3-2-15(14-10-23-24-11-14)19-20(16)29-13-22-19/h2-5,10-11,13H,6-9,12H2,1H3,(H,23,24). The molecule has 146 valence electrons. The zero-order valence-corrected chi connectivity index (χ0v) is 17.0. The van der Waals surface area contributed by atoms with E-state index in [4.69, 9.17) is 0 Å². The number of hydrogen-bond donors (Lipinski definition) is 1. The van der Waals surface area contributed by atoms with Crippen molar-refractivity contribution in [2.24, 2.45) is 0 Å². The first kappa shape index (κ1) is 17.1. The zero-order chi connectivity index (χ0) is 19.4. The molecule has 3 aromatic heterocycles. The van der Waals surface area contributed by atoms with E-state index in [0.717, 1.165) is 51.5 Å². The molecular weight excluding hydrogens is 382 g/mol. The van der Waals surface area contributed by atoms with Crippen LogP contribution in [-0.2, 0) is 0 Å². The lowest BCUT2D eigenvalue weighted by molar-refractivity contribution is 0.0307. The van der Waals surface area contributed by atoms with E-state index in [-0.39, 0.29) is 0 Å². The number of nitrogens with one attached hydrogen (secondary N) is 1.